The lowest BCUT2D eigenvalue weighted by molar-refractivity contribution is -0.139. The van der Waals surface area contributed by atoms with Crippen LogP contribution in [0.3, 0.4) is 0 Å². The fourth-order valence-electron chi connectivity index (χ4n) is 3.02. The van der Waals surface area contributed by atoms with Crippen LogP contribution in [0.15, 0.2) is 16.7 Å². The van der Waals surface area contributed by atoms with Gasteiger partial charge in [0.25, 0.3) is 5.91 Å². The van der Waals surface area contributed by atoms with Crippen molar-refractivity contribution in [1.82, 2.24) is 9.80 Å². The predicted octanol–water partition coefficient (Wildman–Crippen LogP) is 1.05. The second-order valence-electron chi connectivity index (χ2n) is 5.48. The number of carbonyl (C=O) groups excluding carboxylic acids is 2. The van der Waals surface area contributed by atoms with E-state index in [1.165, 1.54) is 6.26 Å². The molecular formula is C15H20N2O4. The molecule has 6 nitrogen and oxygen atoms in total. The van der Waals surface area contributed by atoms with Gasteiger partial charge in [0.05, 0.1) is 25.0 Å². The molecule has 2 amide bonds. The Labute approximate surface area is 123 Å². The van der Waals surface area contributed by atoms with Crippen LogP contribution in [-0.2, 0) is 9.53 Å². The first-order valence-electron chi connectivity index (χ1n) is 7.40. The van der Waals surface area contributed by atoms with E-state index >= 15 is 0 Å². The second-order valence-corrected chi connectivity index (χ2v) is 5.48. The number of furan rings is 1. The summed E-state index contributed by atoms with van der Waals surface area (Å²) in [6.07, 6.45) is 3.11. The van der Waals surface area contributed by atoms with Crippen molar-refractivity contribution in [1.29, 1.82) is 0 Å². The van der Waals surface area contributed by atoms with Crippen molar-refractivity contribution >= 4 is 11.8 Å². The molecule has 3 rings (SSSR count). The molecule has 114 valence electrons. The third kappa shape index (κ3) is 2.68. The summed E-state index contributed by atoms with van der Waals surface area (Å²) < 4.78 is 10.5. The number of hydrogen-bond donors (Lipinski definition) is 0. The number of hydrogen-bond acceptors (Lipinski definition) is 4. The Morgan fingerprint density at radius 2 is 2.00 bits per heavy atom. The van der Waals surface area contributed by atoms with Gasteiger partial charge in [0.1, 0.15) is 11.8 Å². The van der Waals surface area contributed by atoms with Crippen molar-refractivity contribution in [2.75, 3.05) is 32.8 Å². The van der Waals surface area contributed by atoms with E-state index < -0.39 is 0 Å². The summed E-state index contributed by atoms with van der Waals surface area (Å²) in [6, 6.07) is 1.33. The first-order chi connectivity index (χ1) is 10.2. The van der Waals surface area contributed by atoms with E-state index in [1.54, 1.807) is 17.9 Å². The zero-order valence-corrected chi connectivity index (χ0v) is 12.2. The molecule has 2 aliphatic rings. The van der Waals surface area contributed by atoms with Crippen LogP contribution in [0.5, 0.6) is 0 Å². The Morgan fingerprint density at radius 3 is 2.67 bits per heavy atom. The van der Waals surface area contributed by atoms with Gasteiger partial charge >= 0.3 is 0 Å². The third-order valence-corrected chi connectivity index (χ3v) is 4.21. The van der Waals surface area contributed by atoms with Gasteiger partial charge in [0, 0.05) is 19.6 Å². The van der Waals surface area contributed by atoms with Gasteiger partial charge in [-0.05, 0) is 25.8 Å². The number of rotatable bonds is 2. The highest BCUT2D eigenvalue weighted by Gasteiger charge is 2.37. The third-order valence-electron chi connectivity index (χ3n) is 4.21. The highest BCUT2D eigenvalue weighted by molar-refractivity contribution is 5.98. The fraction of sp³-hybridized carbons (Fsp3) is 0.600. The lowest BCUT2D eigenvalue weighted by atomic mass is 10.1. The van der Waals surface area contributed by atoms with Crippen LogP contribution >= 0.6 is 0 Å². The van der Waals surface area contributed by atoms with Crippen LogP contribution in [0.4, 0.5) is 0 Å². The molecule has 1 atom stereocenters. The number of amides is 2. The first kappa shape index (κ1) is 14.1. The Hall–Kier alpha value is -1.82. The molecule has 1 aromatic rings. The number of likely N-dealkylation sites (tertiary alicyclic amines) is 1. The normalized spacial score (nSPS) is 22.6. The number of carbonyl (C=O) groups is 2. The average molecular weight is 292 g/mol. The topological polar surface area (TPSA) is 63.0 Å². The molecule has 21 heavy (non-hydrogen) atoms. The summed E-state index contributed by atoms with van der Waals surface area (Å²) in [7, 11) is 0. The zero-order chi connectivity index (χ0) is 14.8. The molecule has 2 fully saturated rings. The van der Waals surface area contributed by atoms with Gasteiger partial charge < -0.3 is 19.0 Å². The van der Waals surface area contributed by atoms with E-state index in [-0.39, 0.29) is 17.9 Å². The summed E-state index contributed by atoms with van der Waals surface area (Å²) in [5, 5.41) is 0. The lowest BCUT2D eigenvalue weighted by Gasteiger charge is -2.32. The van der Waals surface area contributed by atoms with Crippen molar-refractivity contribution in [3.8, 4) is 0 Å². The maximum absolute atomic E-state index is 12.6. The standard InChI is InChI=1S/C15H20N2O4/c1-11-12(4-8-21-11)14(18)17-5-2-3-13(17)15(19)16-6-9-20-10-7-16/h4,8,13H,2-3,5-7,9-10H2,1H3/t13-/m0/s1. The van der Waals surface area contributed by atoms with Crippen LogP contribution in [0.1, 0.15) is 29.0 Å². The summed E-state index contributed by atoms with van der Waals surface area (Å²) in [5.41, 5.74) is 0.552. The Bertz CT molecular complexity index is 534. The minimum absolute atomic E-state index is 0.0466. The van der Waals surface area contributed by atoms with Gasteiger partial charge in [-0.3, -0.25) is 9.59 Å². The van der Waals surface area contributed by atoms with Crippen molar-refractivity contribution in [3.63, 3.8) is 0 Å². The van der Waals surface area contributed by atoms with E-state index in [4.69, 9.17) is 9.15 Å². The lowest BCUT2D eigenvalue weighted by Crippen LogP contribution is -2.51. The molecule has 0 aliphatic carbocycles. The molecule has 2 saturated heterocycles. The van der Waals surface area contributed by atoms with Gasteiger partial charge in [-0.2, -0.15) is 0 Å². The quantitative estimate of drug-likeness (QED) is 0.817. The van der Waals surface area contributed by atoms with Crippen molar-refractivity contribution in [2.45, 2.75) is 25.8 Å². The fourth-order valence-corrected chi connectivity index (χ4v) is 3.02. The van der Waals surface area contributed by atoms with E-state index in [0.717, 1.165) is 12.8 Å². The molecule has 1 aromatic heterocycles. The minimum atomic E-state index is -0.343. The van der Waals surface area contributed by atoms with Gasteiger partial charge in [0.2, 0.25) is 5.91 Å². The van der Waals surface area contributed by atoms with Crippen LogP contribution < -0.4 is 0 Å². The molecule has 0 bridgehead atoms. The van der Waals surface area contributed by atoms with E-state index in [1.807, 2.05) is 4.90 Å². The number of nitrogens with zero attached hydrogens (tertiary/aromatic N) is 2. The summed E-state index contributed by atoms with van der Waals surface area (Å²) in [4.78, 5) is 28.7. The molecule has 0 N–H and O–H groups in total. The molecule has 0 unspecified atom stereocenters. The zero-order valence-electron chi connectivity index (χ0n) is 12.2. The van der Waals surface area contributed by atoms with Crippen LogP contribution in [0.25, 0.3) is 0 Å². The van der Waals surface area contributed by atoms with E-state index in [9.17, 15) is 9.59 Å². The molecule has 2 aliphatic heterocycles. The highest BCUT2D eigenvalue weighted by atomic mass is 16.5. The van der Waals surface area contributed by atoms with Gasteiger partial charge in [-0.25, -0.2) is 0 Å². The molecule has 0 aromatic carbocycles. The van der Waals surface area contributed by atoms with E-state index in [0.29, 0.717) is 44.2 Å². The van der Waals surface area contributed by atoms with Gasteiger partial charge in [-0.1, -0.05) is 0 Å². The molecule has 0 radical (unpaired) electrons. The SMILES string of the molecule is Cc1occc1C(=O)N1CCC[C@H]1C(=O)N1CCOCC1. The van der Waals surface area contributed by atoms with Gasteiger partial charge in [-0.15, -0.1) is 0 Å². The summed E-state index contributed by atoms with van der Waals surface area (Å²) in [6.45, 7) is 4.77. The van der Waals surface area contributed by atoms with Crippen molar-refractivity contribution in [2.24, 2.45) is 0 Å². The monoisotopic (exact) mass is 292 g/mol. The number of ether oxygens (including phenoxy) is 1. The molecule has 0 spiro atoms. The molecule has 0 saturated carbocycles. The van der Waals surface area contributed by atoms with Crippen molar-refractivity contribution in [3.05, 3.63) is 23.7 Å². The average Bonchev–Trinajstić information content (AvgIpc) is 3.15. The first-order valence-corrected chi connectivity index (χ1v) is 7.40. The molecule has 6 heteroatoms. The predicted molar refractivity (Wildman–Crippen MR) is 74.9 cm³/mol. The molecular weight excluding hydrogens is 272 g/mol. The Balaban J connectivity index is 1.74. The number of morpholine rings is 1. The minimum Gasteiger partial charge on any atom is -0.469 e. The van der Waals surface area contributed by atoms with Gasteiger partial charge in [0.15, 0.2) is 0 Å². The summed E-state index contributed by atoms with van der Waals surface area (Å²) in [5.74, 6) is 0.542. The highest BCUT2D eigenvalue weighted by Crippen LogP contribution is 2.23. The van der Waals surface area contributed by atoms with Crippen molar-refractivity contribution < 1.29 is 18.7 Å². The maximum Gasteiger partial charge on any atom is 0.258 e. The smallest absolute Gasteiger partial charge is 0.258 e. The largest absolute Gasteiger partial charge is 0.469 e. The van der Waals surface area contributed by atoms with Crippen LogP contribution in [0, 0.1) is 6.92 Å². The Morgan fingerprint density at radius 1 is 1.24 bits per heavy atom. The van der Waals surface area contributed by atoms with Crippen LogP contribution in [0.2, 0.25) is 0 Å². The number of aryl methyl sites for hydroxylation is 1. The maximum atomic E-state index is 12.6. The van der Waals surface area contributed by atoms with E-state index in [2.05, 4.69) is 0 Å². The molecule has 3 heterocycles. The van der Waals surface area contributed by atoms with Crippen LogP contribution in [-0.4, -0.2) is 60.5 Å². The summed E-state index contributed by atoms with van der Waals surface area (Å²) >= 11 is 0. The second kappa shape index (κ2) is 5.89. The Kier molecular flexibility index (Phi) is 3.96.